The third-order valence-electron chi connectivity index (χ3n) is 2.04. The molecule has 0 aliphatic rings. The largest absolute Gasteiger partial charge is 0.350 e. The number of carbonyl (C=O) groups is 2. The zero-order chi connectivity index (χ0) is 12.8. The topological polar surface area (TPSA) is 84.2 Å². The zero-order valence-corrected chi connectivity index (χ0v) is 11.2. The lowest BCUT2D eigenvalue weighted by atomic mass is 10.2. The summed E-state index contributed by atoms with van der Waals surface area (Å²) in [5.41, 5.74) is 6.36. The van der Waals surface area contributed by atoms with Crippen LogP contribution in [-0.4, -0.2) is 24.4 Å². The number of halogens is 1. The average Bonchev–Trinajstić information content (AvgIpc) is 2.28. The molecule has 0 unspecified atom stereocenters. The minimum Gasteiger partial charge on any atom is -0.350 e. The van der Waals surface area contributed by atoms with Gasteiger partial charge in [0.1, 0.15) is 0 Å². The van der Waals surface area contributed by atoms with E-state index in [1.54, 1.807) is 24.3 Å². The van der Waals surface area contributed by atoms with E-state index in [-0.39, 0.29) is 36.8 Å². The van der Waals surface area contributed by atoms with Gasteiger partial charge in [0.05, 0.1) is 6.54 Å². The van der Waals surface area contributed by atoms with Crippen molar-refractivity contribution >= 4 is 29.9 Å². The Morgan fingerprint density at radius 3 is 2.22 bits per heavy atom. The number of rotatable bonds is 4. The quantitative estimate of drug-likeness (QED) is 0.768. The van der Waals surface area contributed by atoms with E-state index in [0.29, 0.717) is 11.3 Å². The van der Waals surface area contributed by atoms with E-state index >= 15 is 0 Å². The molecule has 6 heteroatoms. The van der Waals surface area contributed by atoms with Crippen molar-refractivity contribution in [2.75, 3.05) is 11.9 Å². The molecule has 1 aromatic rings. The van der Waals surface area contributed by atoms with Gasteiger partial charge in [0.2, 0.25) is 5.91 Å². The van der Waals surface area contributed by atoms with E-state index in [0.717, 1.165) is 0 Å². The van der Waals surface area contributed by atoms with Crippen LogP contribution in [0.2, 0.25) is 0 Å². The summed E-state index contributed by atoms with van der Waals surface area (Å²) in [6, 6.07) is 6.75. The van der Waals surface area contributed by atoms with Crippen molar-refractivity contribution in [1.82, 2.24) is 5.32 Å². The molecule has 1 rings (SSSR count). The summed E-state index contributed by atoms with van der Waals surface area (Å²) in [6.07, 6.45) is 0. The summed E-state index contributed by atoms with van der Waals surface area (Å²) < 4.78 is 0. The van der Waals surface area contributed by atoms with Gasteiger partial charge in [-0.25, -0.2) is 0 Å². The highest BCUT2D eigenvalue weighted by Crippen LogP contribution is 2.09. The van der Waals surface area contributed by atoms with Crippen LogP contribution in [0.4, 0.5) is 5.69 Å². The monoisotopic (exact) mass is 271 g/mol. The van der Waals surface area contributed by atoms with E-state index in [9.17, 15) is 9.59 Å². The molecule has 4 N–H and O–H groups in total. The number of nitrogens with one attached hydrogen (secondary N) is 2. The first-order chi connectivity index (χ1) is 8.02. The van der Waals surface area contributed by atoms with E-state index in [4.69, 9.17) is 5.73 Å². The number of carbonyl (C=O) groups excluding carboxylic acids is 2. The molecule has 0 spiro atoms. The Balaban J connectivity index is 0.00000289. The van der Waals surface area contributed by atoms with E-state index in [1.807, 2.05) is 13.8 Å². The smallest absolute Gasteiger partial charge is 0.251 e. The molecule has 0 heterocycles. The van der Waals surface area contributed by atoms with Gasteiger partial charge in [-0.3, -0.25) is 9.59 Å². The fraction of sp³-hybridized carbons (Fsp3) is 0.333. The number of hydrogen-bond acceptors (Lipinski definition) is 3. The first kappa shape index (κ1) is 16.4. The second kappa shape index (κ2) is 7.68. The lowest BCUT2D eigenvalue weighted by Gasteiger charge is -2.09. The zero-order valence-electron chi connectivity index (χ0n) is 10.4. The molecule has 0 aromatic heterocycles. The van der Waals surface area contributed by atoms with Crippen molar-refractivity contribution in [3.8, 4) is 0 Å². The van der Waals surface area contributed by atoms with Crippen LogP contribution in [0.25, 0.3) is 0 Å². The molecule has 0 saturated heterocycles. The molecule has 0 aliphatic carbocycles. The Morgan fingerprint density at radius 2 is 1.78 bits per heavy atom. The average molecular weight is 272 g/mol. The van der Waals surface area contributed by atoms with Gasteiger partial charge in [-0.2, -0.15) is 0 Å². The third-order valence-corrected chi connectivity index (χ3v) is 2.04. The van der Waals surface area contributed by atoms with Crippen molar-refractivity contribution < 1.29 is 9.59 Å². The van der Waals surface area contributed by atoms with Crippen LogP contribution in [0.5, 0.6) is 0 Å². The van der Waals surface area contributed by atoms with Crippen LogP contribution in [-0.2, 0) is 4.79 Å². The Hall–Kier alpha value is -1.59. The molecule has 0 bridgehead atoms. The van der Waals surface area contributed by atoms with Crippen LogP contribution in [0.3, 0.4) is 0 Å². The van der Waals surface area contributed by atoms with Gasteiger partial charge >= 0.3 is 0 Å². The molecule has 5 nitrogen and oxygen atoms in total. The lowest BCUT2D eigenvalue weighted by Crippen LogP contribution is -2.30. The number of hydrogen-bond donors (Lipinski definition) is 3. The van der Waals surface area contributed by atoms with Gasteiger partial charge in [-0.05, 0) is 38.1 Å². The maximum atomic E-state index is 11.6. The predicted octanol–water partition coefficient (Wildman–Crippen LogP) is 1.14. The Labute approximate surface area is 113 Å². The molecular formula is C12H18ClN3O2. The van der Waals surface area contributed by atoms with E-state index < -0.39 is 0 Å². The number of benzene rings is 1. The van der Waals surface area contributed by atoms with Crippen molar-refractivity contribution in [3.63, 3.8) is 0 Å². The summed E-state index contributed by atoms with van der Waals surface area (Å²) in [7, 11) is 0. The molecule has 1 aromatic carbocycles. The van der Waals surface area contributed by atoms with E-state index in [2.05, 4.69) is 10.6 Å². The Bertz CT molecular complexity index is 404. The Morgan fingerprint density at radius 1 is 1.22 bits per heavy atom. The fourth-order valence-electron chi connectivity index (χ4n) is 1.26. The van der Waals surface area contributed by atoms with Gasteiger partial charge in [0.15, 0.2) is 0 Å². The van der Waals surface area contributed by atoms with Crippen molar-refractivity contribution in [3.05, 3.63) is 29.8 Å². The highest BCUT2D eigenvalue weighted by atomic mass is 35.5. The normalized spacial score (nSPS) is 9.56. The minimum absolute atomic E-state index is 0. The molecule has 0 atom stereocenters. The second-order valence-corrected chi connectivity index (χ2v) is 3.96. The van der Waals surface area contributed by atoms with Crippen LogP contribution in [0.1, 0.15) is 24.2 Å². The molecule has 0 saturated carbocycles. The van der Waals surface area contributed by atoms with Crippen LogP contribution >= 0.6 is 12.4 Å². The second-order valence-electron chi connectivity index (χ2n) is 3.96. The van der Waals surface area contributed by atoms with E-state index in [1.165, 1.54) is 0 Å². The predicted molar refractivity (Wildman–Crippen MR) is 74.0 cm³/mol. The minimum atomic E-state index is -0.260. The number of anilines is 1. The standard InChI is InChI=1S/C12H17N3O2.ClH/c1-8(2)14-12(17)9-3-5-10(6-4-9)15-11(16)7-13;/h3-6,8H,7,13H2,1-2H3,(H,14,17)(H,15,16);1H. The lowest BCUT2D eigenvalue weighted by molar-refractivity contribution is -0.114. The SMILES string of the molecule is CC(C)NC(=O)c1ccc(NC(=O)CN)cc1.Cl. The van der Waals surface area contributed by atoms with Crippen LogP contribution < -0.4 is 16.4 Å². The summed E-state index contributed by atoms with van der Waals surface area (Å²) in [4.78, 5) is 22.7. The fourth-order valence-corrected chi connectivity index (χ4v) is 1.26. The molecule has 2 amide bonds. The highest BCUT2D eigenvalue weighted by Gasteiger charge is 2.06. The first-order valence-corrected chi connectivity index (χ1v) is 5.43. The summed E-state index contributed by atoms with van der Waals surface area (Å²) >= 11 is 0. The molecular weight excluding hydrogens is 254 g/mol. The van der Waals surface area contributed by atoms with Gasteiger partial charge < -0.3 is 16.4 Å². The molecule has 0 aliphatic heterocycles. The molecule has 100 valence electrons. The summed E-state index contributed by atoms with van der Waals surface area (Å²) in [5, 5.41) is 5.39. The highest BCUT2D eigenvalue weighted by molar-refractivity contribution is 5.96. The van der Waals surface area contributed by atoms with Gasteiger partial charge in [0, 0.05) is 17.3 Å². The maximum absolute atomic E-state index is 11.6. The van der Waals surface area contributed by atoms with Crippen LogP contribution in [0, 0.1) is 0 Å². The Kier molecular flexibility index (Phi) is 7.00. The molecule has 0 fully saturated rings. The summed E-state index contributed by atoms with van der Waals surface area (Å²) in [6.45, 7) is 3.73. The number of amides is 2. The number of nitrogens with two attached hydrogens (primary N) is 1. The van der Waals surface area contributed by atoms with Gasteiger partial charge in [-0.15, -0.1) is 12.4 Å². The van der Waals surface area contributed by atoms with Crippen LogP contribution in [0.15, 0.2) is 24.3 Å². The first-order valence-electron chi connectivity index (χ1n) is 5.43. The van der Waals surface area contributed by atoms with Gasteiger partial charge in [-0.1, -0.05) is 0 Å². The van der Waals surface area contributed by atoms with Crippen molar-refractivity contribution in [2.24, 2.45) is 5.73 Å². The molecule has 18 heavy (non-hydrogen) atoms. The third kappa shape index (κ3) is 5.16. The van der Waals surface area contributed by atoms with Gasteiger partial charge in [0.25, 0.3) is 5.91 Å². The molecule has 0 radical (unpaired) electrons. The van der Waals surface area contributed by atoms with Crippen molar-refractivity contribution in [1.29, 1.82) is 0 Å². The summed E-state index contributed by atoms with van der Waals surface area (Å²) in [5.74, 6) is -0.388. The maximum Gasteiger partial charge on any atom is 0.251 e. The van der Waals surface area contributed by atoms with Crippen molar-refractivity contribution in [2.45, 2.75) is 19.9 Å².